The molecule has 3 N–H and O–H groups in total. The number of carbonyl (C=O) groups excluding carboxylic acids is 2. The van der Waals surface area contributed by atoms with Gasteiger partial charge < -0.3 is 11.1 Å². The van der Waals surface area contributed by atoms with Crippen LogP contribution in [0.15, 0.2) is 18.2 Å². The summed E-state index contributed by atoms with van der Waals surface area (Å²) in [5.41, 5.74) is 4.10. The second-order valence-electron chi connectivity index (χ2n) is 3.97. The van der Waals surface area contributed by atoms with Crippen LogP contribution < -0.4 is 11.1 Å². The summed E-state index contributed by atoms with van der Waals surface area (Å²) in [7, 11) is 0. The van der Waals surface area contributed by atoms with Crippen molar-refractivity contribution in [1.82, 2.24) is 5.32 Å². The van der Waals surface area contributed by atoms with Crippen LogP contribution in [0.3, 0.4) is 0 Å². The highest BCUT2D eigenvalue weighted by atomic mass is 19.1. The van der Waals surface area contributed by atoms with Crippen LogP contribution in [-0.4, -0.2) is 22.8 Å². The van der Waals surface area contributed by atoms with E-state index in [4.69, 9.17) is 5.73 Å². The molecule has 0 saturated carbocycles. The molecule has 8 heteroatoms. The largest absolute Gasteiger partial charge is 0.370 e. The first kappa shape index (κ1) is 14.6. The van der Waals surface area contributed by atoms with Crippen LogP contribution in [0.25, 0.3) is 0 Å². The summed E-state index contributed by atoms with van der Waals surface area (Å²) in [6.45, 7) is 1.51. The average Bonchev–Trinajstić information content (AvgIpc) is 2.27. The average molecular weight is 269 g/mol. The molecule has 0 aliphatic rings. The zero-order valence-corrected chi connectivity index (χ0v) is 10.1. The van der Waals surface area contributed by atoms with E-state index in [0.29, 0.717) is 0 Å². The molecule has 19 heavy (non-hydrogen) atoms. The number of benzene rings is 1. The monoisotopic (exact) mass is 269 g/mol. The van der Waals surface area contributed by atoms with Crippen LogP contribution in [0.4, 0.5) is 10.1 Å². The molecule has 0 radical (unpaired) electrons. The number of hydrogen-bond donors (Lipinski definition) is 2. The minimum atomic E-state index is -0.880. The maximum atomic E-state index is 13.4. The Bertz CT molecular complexity index is 533. The SMILES string of the molecule is CC(CC(N)=O)NC(=O)c1cc([N+](=O)[O-])ccc1F. The highest BCUT2D eigenvalue weighted by molar-refractivity contribution is 5.95. The number of non-ortho nitro benzene ring substituents is 1. The van der Waals surface area contributed by atoms with Gasteiger partial charge in [-0.3, -0.25) is 19.7 Å². The van der Waals surface area contributed by atoms with Gasteiger partial charge in [-0.1, -0.05) is 0 Å². The second-order valence-corrected chi connectivity index (χ2v) is 3.97. The van der Waals surface area contributed by atoms with E-state index in [1.807, 2.05) is 0 Å². The molecule has 0 heterocycles. The third-order valence-corrected chi connectivity index (χ3v) is 2.29. The number of amides is 2. The molecular formula is C11H12FN3O4. The van der Waals surface area contributed by atoms with Crippen molar-refractivity contribution >= 4 is 17.5 Å². The van der Waals surface area contributed by atoms with Crippen molar-refractivity contribution in [2.75, 3.05) is 0 Å². The second kappa shape index (κ2) is 5.89. The molecule has 1 unspecified atom stereocenters. The zero-order valence-electron chi connectivity index (χ0n) is 10.1. The summed E-state index contributed by atoms with van der Waals surface area (Å²) >= 11 is 0. The van der Waals surface area contributed by atoms with Crippen LogP contribution in [0.2, 0.25) is 0 Å². The fraction of sp³-hybridized carbons (Fsp3) is 0.273. The molecule has 0 aliphatic heterocycles. The molecule has 7 nitrogen and oxygen atoms in total. The third-order valence-electron chi connectivity index (χ3n) is 2.29. The zero-order chi connectivity index (χ0) is 14.6. The van der Waals surface area contributed by atoms with Gasteiger partial charge in [-0.15, -0.1) is 0 Å². The molecule has 0 saturated heterocycles. The number of hydrogen-bond acceptors (Lipinski definition) is 4. The maximum absolute atomic E-state index is 13.4. The molecule has 0 aliphatic carbocycles. The van der Waals surface area contributed by atoms with Crippen LogP contribution in [0.5, 0.6) is 0 Å². The standard InChI is InChI=1S/C11H12FN3O4/c1-6(4-10(13)16)14-11(17)8-5-7(15(18)19)2-3-9(8)12/h2-3,5-6H,4H2,1H3,(H2,13,16)(H,14,17). The number of primary amides is 1. The van der Waals surface area contributed by atoms with Gasteiger partial charge in [0.2, 0.25) is 5.91 Å². The Morgan fingerprint density at radius 3 is 2.68 bits per heavy atom. The summed E-state index contributed by atoms with van der Waals surface area (Å²) in [5.74, 6) is -2.34. The highest BCUT2D eigenvalue weighted by Crippen LogP contribution is 2.16. The lowest BCUT2D eigenvalue weighted by molar-refractivity contribution is -0.384. The van der Waals surface area contributed by atoms with E-state index in [0.717, 1.165) is 18.2 Å². The number of nitro benzene ring substituents is 1. The minimum Gasteiger partial charge on any atom is -0.370 e. The van der Waals surface area contributed by atoms with Crippen molar-refractivity contribution in [1.29, 1.82) is 0 Å². The molecule has 0 fully saturated rings. The lowest BCUT2D eigenvalue weighted by Gasteiger charge is -2.12. The van der Waals surface area contributed by atoms with Gasteiger partial charge in [0.05, 0.1) is 10.5 Å². The predicted octanol–water partition coefficient (Wildman–Crippen LogP) is 0.728. The van der Waals surface area contributed by atoms with Gasteiger partial charge in [0, 0.05) is 24.6 Å². The summed E-state index contributed by atoms with van der Waals surface area (Å²) < 4.78 is 13.4. The Hall–Kier alpha value is -2.51. The van der Waals surface area contributed by atoms with Gasteiger partial charge in [-0.05, 0) is 13.0 Å². The highest BCUT2D eigenvalue weighted by Gasteiger charge is 2.18. The Morgan fingerprint density at radius 1 is 1.53 bits per heavy atom. The Balaban J connectivity index is 2.90. The first-order chi connectivity index (χ1) is 8.81. The Morgan fingerprint density at radius 2 is 2.16 bits per heavy atom. The Labute approximate surface area is 107 Å². The van der Waals surface area contributed by atoms with Crippen molar-refractivity contribution in [3.05, 3.63) is 39.7 Å². The number of nitrogens with two attached hydrogens (primary N) is 1. The summed E-state index contributed by atoms with van der Waals surface area (Å²) in [4.78, 5) is 32.2. The molecule has 2 amide bonds. The van der Waals surface area contributed by atoms with Crippen molar-refractivity contribution < 1.29 is 18.9 Å². The molecule has 1 rings (SSSR count). The van der Waals surface area contributed by atoms with E-state index < -0.39 is 39.8 Å². The molecular weight excluding hydrogens is 257 g/mol. The lowest BCUT2D eigenvalue weighted by Crippen LogP contribution is -2.36. The number of nitrogens with zero attached hydrogens (tertiary/aromatic N) is 1. The van der Waals surface area contributed by atoms with E-state index in [1.54, 1.807) is 0 Å². The molecule has 1 aromatic rings. The van der Waals surface area contributed by atoms with Gasteiger partial charge in [-0.25, -0.2) is 4.39 Å². The lowest BCUT2D eigenvalue weighted by atomic mass is 10.1. The van der Waals surface area contributed by atoms with Crippen molar-refractivity contribution in [3.8, 4) is 0 Å². The van der Waals surface area contributed by atoms with E-state index in [-0.39, 0.29) is 6.42 Å². The molecule has 102 valence electrons. The molecule has 0 aromatic heterocycles. The molecule has 1 aromatic carbocycles. The van der Waals surface area contributed by atoms with E-state index in [9.17, 15) is 24.1 Å². The molecule has 0 bridgehead atoms. The van der Waals surface area contributed by atoms with Gasteiger partial charge in [-0.2, -0.15) is 0 Å². The number of rotatable bonds is 5. The van der Waals surface area contributed by atoms with Crippen LogP contribution in [0.1, 0.15) is 23.7 Å². The van der Waals surface area contributed by atoms with Gasteiger partial charge in [0.25, 0.3) is 11.6 Å². The Kier molecular flexibility index (Phi) is 4.51. The van der Waals surface area contributed by atoms with E-state index in [2.05, 4.69) is 5.32 Å². The maximum Gasteiger partial charge on any atom is 0.270 e. The number of nitrogens with one attached hydrogen (secondary N) is 1. The smallest absolute Gasteiger partial charge is 0.270 e. The number of halogens is 1. The van der Waals surface area contributed by atoms with Crippen LogP contribution in [0, 0.1) is 15.9 Å². The fourth-order valence-corrected chi connectivity index (χ4v) is 1.46. The van der Waals surface area contributed by atoms with Crippen molar-refractivity contribution in [2.45, 2.75) is 19.4 Å². The number of carbonyl (C=O) groups is 2. The minimum absolute atomic E-state index is 0.109. The third kappa shape index (κ3) is 4.02. The van der Waals surface area contributed by atoms with Crippen LogP contribution >= 0.6 is 0 Å². The van der Waals surface area contributed by atoms with Crippen molar-refractivity contribution in [2.24, 2.45) is 5.73 Å². The van der Waals surface area contributed by atoms with Gasteiger partial charge in [0.1, 0.15) is 5.82 Å². The normalized spacial score (nSPS) is 11.7. The topological polar surface area (TPSA) is 115 Å². The van der Waals surface area contributed by atoms with E-state index >= 15 is 0 Å². The summed E-state index contributed by atoms with van der Waals surface area (Å²) in [6.07, 6.45) is -0.109. The summed E-state index contributed by atoms with van der Waals surface area (Å²) in [6, 6.07) is 2.04. The van der Waals surface area contributed by atoms with Gasteiger partial charge >= 0.3 is 0 Å². The molecule has 0 spiro atoms. The number of nitro groups is 1. The first-order valence-corrected chi connectivity index (χ1v) is 5.34. The van der Waals surface area contributed by atoms with Crippen molar-refractivity contribution in [3.63, 3.8) is 0 Å². The van der Waals surface area contributed by atoms with Crippen LogP contribution in [-0.2, 0) is 4.79 Å². The van der Waals surface area contributed by atoms with E-state index in [1.165, 1.54) is 6.92 Å². The predicted molar refractivity (Wildman–Crippen MR) is 63.8 cm³/mol. The quantitative estimate of drug-likeness (QED) is 0.605. The van der Waals surface area contributed by atoms with Gasteiger partial charge in [0.15, 0.2) is 0 Å². The molecule has 1 atom stereocenters. The summed E-state index contributed by atoms with van der Waals surface area (Å²) in [5, 5.41) is 12.9. The fourth-order valence-electron chi connectivity index (χ4n) is 1.46. The first-order valence-electron chi connectivity index (χ1n) is 5.34.